The number of hydrogen-bond donors (Lipinski definition) is 3. The van der Waals surface area contributed by atoms with Gasteiger partial charge in [0, 0.05) is 5.57 Å². The maximum absolute atomic E-state index is 11.4. The second-order valence-corrected chi connectivity index (χ2v) is 7.20. The summed E-state index contributed by atoms with van der Waals surface area (Å²) in [5.74, 6) is -0.102. The number of nitrogens with one attached hydrogen (secondary N) is 2. The number of fused-ring (bicyclic) bond motifs is 1. The van der Waals surface area contributed by atoms with E-state index in [4.69, 9.17) is 4.74 Å². The van der Waals surface area contributed by atoms with E-state index in [0.717, 1.165) is 41.4 Å². The van der Waals surface area contributed by atoms with Crippen LogP contribution in [0.15, 0.2) is 42.5 Å². The van der Waals surface area contributed by atoms with Crippen LogP contribution in [0.4, 0.5) is 5.69 Å². The van der Waals surface area contributed by atoms with Crippen LogP contribution in [0.3, 0.4) is 0 Å². The van der Waals surface area contributed by atoms with Gasteiger partial charge < -0.3 is 9.84 Å². The lowest BCUT2D eigenvalue weighted by Gasteiger charge is -2.20. The summed E-state index contributed by atoms with van der Waals surface area (Å²) < 4.78 is 5.10. The molecule has 3 aromatic rings. The summed E-state index contributed by atoms with van der Waals surface area (Å²) in [7, 11) is 0. The molecule has 0 aliphatic heterocycles. The van der Waals surface area contributed by atoms with Crippen molar-refractivity contribution in [2.45, 2.75) is 40.0 Å². The van der Waals surface area contributed by atoms with E-state index in [1.54, 1.807) is 11.7 Å². The van der Waals surface area contributed by atoms with Crippen molar-refractivity contribution in [3.05, 3.63) is 59.2 Å². The molecule has 0 saturated carbocycles. The van der Waals surface area contributed by atoms with E-state index in [1.165, 1.54) is 5.56 Å². The highest BCUT2D eigenvalue weighted by Crippen LogP contribution is 2.31. The number of unbranched alkanes of at least 4 members (excludes halogenated alkanes) is 1. The molecule has 0 spiro atoms. The molecule has 3 rings (SSSR count). The lowest BCUT2D eigenvalue weighted by molar-refractivity contribution is -0.139. The van der Waals surface area contributed by atoms with Gasteiger partial charge in [-0.05, 0) is 74.9 Å². The van der Waals surface area contributed by atoms with Gasteiger partial charge >= 0.3 is 5.97 Å². The van der Waals surface area contributed by atoms with E-state index >= 15 is 0 Å². The minimum atomic E-state index is -0.347. The molecule has 0 atom stereocenters. The fourth-order valence-corrected chi connectivity index (χ4v) is 3.07. The highest BCUT2D eigenvalue weighted by Gasteiger charge is 2.12. The lowest BCUT2D eigenvalue weighted by Crippen LogP contribution is -2.19. The molecule has 28 heavy (non-hydrogen) atoms. The fraction of sp³-hybridized carbons (Fsp3) is 0.318. The summed E-state index contributed by atoms with van der Waals surface area (Å²) in [4.78, 5) is 13.2. The highest BCUT2D eigenvalue weighted by molar-refractivity contribution is 5.86. The third-order valence-electron chi connectivity index (χ3n) is 4.82. The quantitative estimate of drug-likeness (QED) is 0.230. The number of aromatic amines is 1. The Morgan fingerprint density at radius 3 is 2.79 bits per heavy atom. The lowest BCUT2D eigenvalue weighted by atomic mass is 10.0. The fourth-order valence-electron chi connectivity index (χ4n) is 3.07. The number of H-pyrrole nitrogens is 1. The van der Waals surface area contributed by atoms with Crippen molar-refractivity contribution in [2.24, 2.45) is 0 Å². The second kappa shape index (κ2) is 8.25. The summed E-state index contributed by atoms with van der Waals surface area (Å²) >= 11 is 0. The average molecular weight is 381 g/mol. The Morgan fingerprint density at radius 2 is 2.04 bits per heavy atom. The van der Waals surface area contributed by atoms with Crippen LogP contribution >= 0.6 is 0 Å². The predicted molar refractivity (Wildman–Crippen MR) is 112 cm³/mol. The number of carbonyl (C=O) groups excluding carboxylic acids is 1. The Kier molecular flexibility index (Phi) is 5.78. The van der Waals surface area contributed by atoms with Crippen molar-refractivity contribution in [1.82, 2.24) is 9.89 Å². The van der Waals surface area contributed by atoms with Crippen LogP contribution in [0.25, 0.3) is 11.0 Å². The summed E-state index contributed by atoms with van der Waals surface area (Å²) in [5.41, 5.74) is 9.49. The molecule has 1 heterocycles. The Balaban J connectivity index is 1.59. The minimum Gasteiger partial charge on any atom is -0.505 e. The smallest absolute Gasteiger partial charge is 0.333 e. The maximum atomic E-state index is 11.4. The number of hydrogen-bond acceptors (Lipinski definition) is 4. The van der Waals surface area contributed by atoms with Crippen LogP contribution in [0, 0.1) is 13.8 Å². The zero-order chi connectivity index (χ0) is 20.3. The van der Waals surface area contributed by atoms with Crippen LogP contribution in [0.1, 0.15) is 36.5 Å². The first-order valence-corrected chi connectivity index (χ1v) is 9.45. The van der Waals surface area contributed by atoms with Crippen molar-refractivity contribution in [3.63, 3.8) is 0 Å². The topological polar surface area (TPSA) is 79.3 Å². The molecule has 148 valence electrons. The van der Waals surface area contributed by atoms with Gasteiger partial charge in [-0.2, -0.15) is 4.79 Å². The van der Waals surface area contributed by atoms with Gasteiger partial charge in [-0.1, -0.05) is 18.7 Å². The number of aryl methyl sites for hydroxylation is 2. The monoisotopic (exact) mass is 381 g/mol. The van der Waals surface area contributed by atoms with E-state index in [0.29, 0.717) is 17.9 Å². The molecule has 0 amide bonds. The molecular weight excluding hydrogens is 354 g/mol. The molecular formula is C22H27N3O3. The normalized spacial score (nSPS) is 11.0. The number of aromatic hydroxyl groups is 1. The molecule has 3 N–H and O–H groups in total. The number of phenols is 1. The van der Waals surface area contributed by atoms with Crippen molar-refractivity contribution in [1.29, 1.82) is 0 Å². The average Bonchev–Trinajstić information content (AvgIpc) is 2.65. The minimum absolute atomic E-state index is 0.245. The van der Waals surface area contributed by atoms with Crippen molar-refractivity contribution < 1.29 is 14.6 Å². The molecule has 0 radical (unpaired) electrons. The van der Waals surface area contributed by atoms with Gasteiger partial charge in [-0.25, -0.2) is 4.79 Å². The number of anilines is 1. The number of phenolic OH excluding ortho intramolecular Hbond substituents is 1. The van der Waals surface area contributed by atoms with Crippen molar-refractivity contribution >= 4 is 22.7 Å². The van der Waals surface area contributed by atoms with E-state index in [2.05, 4.69) is 29.2 Å². The summed E-state index contributed by atoms with van der Waals surface area (Å²) in [6, 6.07) is 10.1. The Hall–Kier alpha value is -3.15. The first-order chi connectivity index (χ1) is 13.4. The van der Waals surface area contributed by atoms with Crippen LogP contribution in [-0.4, -0.2) is 27.6 Å². The zero-order valence-electron chi connectivity index (χ0n) is 16.6. The SMILES string of the molecule is C=C(C)C(=O)OCCCCc1ccc(Nn2[nH]c3ccc(C)cc32)c(O)c1C. The zero-order valence-corrected chi connectivity index (χ0v) is 16.6. The summed E-state index contributed by atoms with van der Waals surface area (Å²) in [5, 5.41) is 13.8. The van der Waals surface area contributed by atoms with E-state index in [-0.39, 0.29) is 11.7 Å². The molecule has 0 unspecified atom stereocenters. The molecule has 0 aliphatic carbocycles. The Labute approximate surface area is 164 Å². The molecule has 0 saturated heterocycles. The number of ether oxygens (including phenoxy) is 1. The number of nitrogens with zero attached hydrogens (tertiary/aromatic N) is 1. The molecule has 0 bridgehead atoms. The second-order valence-electron chi connectivity index (χ2n) is 7.20. The highest BCUT2D eigenvalue weighted by atomic mass is 16.5. The third-order valence-corrected chi connectivity index (χ3v) is 4.82. The van der Waals surface area contributed by atoms with Gasteiger partial charge in [-0.3, -0.25) is 10.5 Å². The number of benzene rings is 2. The van der Waals surface area contributed by atoms with Crippen LogP contribution in [0.2, 0.25) is 0 Å². The maximum Gasteiger partial charge on any atom is 0.333 e. The molecule has 1 aromatic heterocycles. The third kappa shape index (κ3) is 4.22. The van der Waals surface area contributed by atoms with Gasteiger partial charge in [0.05, 0.1) is 17.8 Å². The van der Waals surface area contributed by atoms with E-state index in [9.17, 15) is 9.90 Å². The largest absolute Gasteiger partial charge is 0.505 e. The summed E-state index contributed by atoms with van der Waals surface area (Å²) in [6.07, 6.45) is 2.46. The number of rotatable bonds is 8. The summed E-state index contributed by atoms with van der Waals surface area (Å²) in [6.45, 7) is 9.55. The van der Waals surface area contributed by atoms with Crippen LogP contribution < -0.4 is 5.43 Å². The first-order valence-electron chi connectivity index (χ1n) is 9.45. The van der Waals surface area contributed by atoms with E-state index in [1.807, 2.05) is 32.0 Å². The van der Waals surface area contributed by atoms with Crippen LogP contribution in [-0.2, 0) is 16.0 Å². The molecule has 0 aliphatic rings. The predicted octanol–water partition coefficient (Wildman–Crippen LogP) is 4.61. The van der Waals surface area contributed by atoms with Gasteiger partial charge in [-0.15, -0.1) is 0 Å². The first kappa shape index (κ1) is 19.6. The number of carbonyl (C=O) groups is 1. The standard InChI is InChI=1S/C22H27N3O3/c1-14(2)22(27)28-12-6-5-7-17-9-11-19(21(26)16(17)4)24-25-20-13-15(3)8-10-18(20)23-25/h8-11,13,23-24,26H,1,5-7,12H2,2-4H3. The van der Waals surface area contributed by atoms with Gasteiger partial charge in [0.1, 0.15) is 11.3 Å². The van der Waals surface area contributed by atoms with E-state index < -0.39 is 0 Å². The van der Waals surface area contributed by atoms with Crippen LogP contribution in [0.5, 0.6) is 5.75 Å². The van der Waals surface area contributed by atoms with Gasteiger partial charge in [0.2, 0.25) is 0 Å². The molecule has 6 nitrogen and oxygen atoms in total. The molecule has 0 fully saturated rings. The number of aromatic nitrogens is 2. The van der Waals surface area contributed by atoms with Crippen molar-refractivity contribution in [2.75, 3.05) is 12.0 Å². The molecule has 2 aromatic carbocycles. The van der Waals surface area contributed by atoms with Gasteiger partial charge in [0.15, 0.2) is 0 Å². The van der Waals surface area contributed by atoms with Crippen molar-refractivity contribution in [3.8, 4) is 5.75 Å². The Morgan fingerprint density at radius 1 is 1.25 bits per heavy atom. The van der Waals surface area contributed by atoms with Gasteiger partial charge in [0.25, 0.3) is 0 Å². The Bertz CT molecular complexity index is 1010. The molecule has 6 heteroatoms. The number of esters is 1.